The highest BCUT2D eigenvalue weighted by Crippen LogP contribution is 2.30. The summed E-state index contributed by atoms with van der Waals surface area (Å²) in [7, 11) is -3.66. The van der Waals surface area contributed by atoms with Crippen LogP contribution in [0.15, 0.2) is 47.4 Å². The van der Waals surface area contributed by atoms with Crippen LogP contribution in [-0.4, -0.2) is 18.9 Å². The monoisotopic (exact) mass is 429 g/mol. The van der Waals surface area contributed by atoms with Crippen molar-refractivity contribution in [3.63, 3.8) is 0 Å². The largest absolute Gasteiger partial charge is 0.343 e. The molecule has 0 fully saturated rings. The highest BCUT2D eigenvalue weighted by atomic mass is 32.2. The van der Waals surface area contributed by atoms with Gasteiger partial charge in [0.15, 0.2) is 0 Å². The van der Waals surface area contributed by atoms with Gasteiger partial charge in [-0.15, -0.1) is 0 Å². The minimum absolute atomic E-state index is 0.0649. The highest BCUT2D eigenvalue weighted by molar-refractivity contribution is 7.88. The molecule has 0 radical (unpaired) electrons. The Labute approximate surface area is 172 Å². The molecule has 9 heteroatoms. The minimum Gasteiger partial charge on any atom is -0.343 e. The third-order valence-electron chi connectivity index (χ3n) is 5.30. The van der Waals surface area contributed by atoms with E-state index >= 15 is 0 Å². The Hall–Kier alpha value is -3.04. The third-order valence-corrected chi connectivity index (χ3v) is 6.04. The van der Waals surface area contributed by atoms with Crippen LogP contribution in [0.5, 0.6) is 0 Å². The predicted octanol–water partition coefficient (Wildman–Crippen LogP) is 2.69. The van der Waals surface area contributed by atoms with Gasteiger partial charge in [0.05, 0.1) is 11.3 Å². The summed E-state index contributed by atoms with van der Waals surface area (Å²) in [4.78, 5) is 25.8. The number of aryl methyl sites for hydroxylation is 1. The van der Waals surface area contributed by atoms with E-state index in [-0.39, 0.29) is 22.7 Å². The summed E-state index contributed by atoms with van der Waals surface area (Å²) in [6.45, 7) is 1.99. The van der Waals surface area contributed by atoms with Crippen molar-refractivity contribution in [3.8, 4) is 0 Å². The Balaban J connectivity index is 1.71. The maximum Gasteiger partial charge on any atom is 0.261 e. The number of nitrogens with zero attached hydrogens (tertiary/aromatic N) is 1. The average molecular weight is 429 g/mol. The molecule has 156 valence electrons. The molecule has 0 saturated heterocycles. The van der Waals surface area contributed by atoms with Crippen molar-refractivity contribution in [1.29, 1.82) is 0 Å². The van der Waals surface area contributed by atoms with Crippen LogP contribution in [0, 0.1) is 5.82 Å². The number of primary sulfonamides is 1. The standard InChI is InChI=1S/C21H20FN3O4S/c1-12-2-5-14-8-15(22)9-17-19(14)25(12)10-18(20(17)26)21(27)24-16-6-3-13(4-7-16)11-30(23,28)29/h3-4,6-10,12H,2,5,11H2,1H3,(H,24,27)(H2,23,28,29). The van der Waals surface area contributed by atoms with Gasteiger partial charge in [-0.2, -0.15) is 0 Å². The first-order valence-corrected chi connectivity index (χ1v) is 11.1. The second-order valence-electron chi connectivity index (χ2n) is 7.59. The van der Waals surface area contributed by atoms with Gasteiger partial charge in [0.1, 0.15) is 11.4 Å². The number of anilines is 1. The van der Waals surface area contributed by atoms with Crippen LogP contribution in [0.3, 0.4) is 0 Å². The average Bonchev–Trinajstić information content (AvgIpc) is 2.66. The smallest absolute Gasteiger partial charge is 0.261 e. The Kier molecular flexibility index (Phi) is 4.95. The summed E-state index contributed by atoms with van der Waals surface area (Å²) in [5.41, 5.74) is 1.69. The number of sulfonamides is 1. The molecule has 1 amide bonds. The molecular formula is C21H20FN3O4S. The number of aromatic nitrogens is 1. The summed E-state index contributed by atoms with van der Waals surface area (Å²) in [6.07, 6.45) is 2.98. The van der Waals surface area contributed by atoms with Crippen LogP contribution in [0.25, 0.3) is 10.9 Å². The number of rotatable bonds is 4. The molecule has 0 aliphatic carbocycles. The summed E-state index contributed by atoms with van der Waals surface area (Å²) in [5.74, 6) is -1.44. The zero-order valence-electron chi connectivity index (χ0n) is 16.2. The van der Waals surface area contributed by atoms with Gasteiger partial charge in [0.2, 0.25) is 15.5 Å². The lowest BCUT2D eigenvalue weighted by molar-refractivity contribution is 0.102. The number of benzene rings is 2. The van der Waals surface area contributed by atoms with Gasteiger partial charge in [0, 0.05) is 23.3 Å². The fourth-order valence-corrected chi connectivity index (χ4v) is 4.52. The number of carbonyl (C=O) groups is 1. The van der Waals surface area contributed by atoms with Crippen LogP contribution >= 0.6 is 0 Å². The van der Waals surface area contributed by atoms with Crippen molar-refractivity contribution >= 4 is 32.5 Å². The maximum absolute atomic E-state index is 14.1. The second kappa shape index (κ2) is 7.33. The first-order chi connectivity index (χ1) is 14.1. The fourth-order valence-electron chi connectivity index (χ4n) is 3.86. The molecule has 1 aliphatic rings. The van der Waals surface area contributed by atoms with Gasteiger partial charge >= 0.3 is 0 Å². The summed E-state index contributed by atoms with van der Waals surface area (Å²) in [5, 5.41) is 7.86. The molecule has 1 aliphatic heterocycles. The molecule has 3 N–H and O–H groups in total. The number of carbonyl (C=O) groups excluding carboxylic acids is 1. The maximum atomic E-state index is 14.1. The molecule has 0 saturated carbocycles. The van der Waals surface area contributed by atoms with Gasteiger partial charge in [-0.3, -0.25) is 9.59 Å². The molecule has 1 atom stereocenters. The van der Waals surface area contributed by atoms with Crippen molar-refractivity contribution in [2.24, 2.45) is 5.14 Å². The number of nitrogens with one attached hydrogen (secondary N) is 1. The zero-order valence-corrected chi connectivity index (χ0v) is 17.0. The van der Waals surface area contributed by atoms with E-state index in [1.54, 1.807) is 0 Å². The second-order valence-corrected chi connectivity index (χ2v) is 9.20. The van der Waals surface area contributed by atoms with Crippen molar-refractivity contribution in [2.75, 3.05) is 5.32 Å². The van der Waals surface area contributed by atoms with Crippen molar-refractivity contribution in [3.05, 3.63) is 75.3 Å². The SMILES string of the molecule is CC1CCc2cc(F)cc3c(=O)c(C(=O)Nc4ccc(CS(N)(=O)=O)cc4)cn1c23. The van der Waals surface area contributed by atoms with E-state index in [2.05, 4.69) is 5.32 Å². The molecule has 3 aromatic rings. The van der Waals surface area contributed by atoms with E-state index in [0.29, 0.717) is 23.2 Å². The number of hydrogen-bond acceptors (Lipinski definition) is 4. The number of amides is 1. The van der Waals surface area contributed by atoms with Crippen molar-refractivity contribution in [2.45, 2.75) is 31.6 Å². The van der Waals surface area contributed by atoms with Crippen molar-refractivity contribution in [1.82, 2.24) is 4.57 Å². The number of nitrogens with two attached hydrogens (primary N) is 1. The van der Waals surface area contributed by atoms with Crippen LogP contribution < -0.4 is 15.9 Å². The lowest BCUT2D eigenvalue weighted by atomic mass is 9.96. The van der Waals surface area contributed by atoms with E-state index in [0.717, 1.165) is 12.0 Å². The van der Waals surface area contributed by atoms with Gasteiger partial charge in [-0.1, -0.05) is 12.1 Å². The highest BCUT2D eigenvalue weighted by Gasteiger charge is 2.23. The molecule has 7 nitrogen and oxygen atoms in total. The Morgan fingerprint density at radius 1 is 1.27 bits per heavy atom. The summed E-state index contributed by atoms with van der Waals surface area (Å²) < 4.78 is 38.3. The van der Waals surface area contributed by atoms with Gasteiger partial charge < -0.3 is 9.88 Å². The van der Waals surface area contributed by atoms with Crippen LogP contribution in [-0.2, 0) is 22.2 Å². The van der Waals surface area contributed by atoms with Crippen LogP contribution in [0.1, 0.15) is 40.9 Å². The lowest BCUT2D eigenvalue weighted by Crippen LogP contribution is -2.27. The van der Waals surface area contributed by atoms with Gasteiger partial charge in [-0.05, 0) is 55.2 Å². The Morgan fingerprint density at radius 3 is 2.63 bits per heavy atom. The van der Waals surface area contributed by atoms with E-state index < -0.39 is 27.2 Å². The quantitative estimate of drug-likeness (QED) is 0.664. The Morgan fingerprint density at radius 2 is 1.97 bits per heavy atom. The molecule has 1 unspecified atom stereocenters. The summed E-state index contributed by atoms with van der Waals surface area (Å²) >= 11 is 0. The minimum atomic E-state index is -3.66. The summed E-state index contributed by atoms with van der Waals surface area (Å²) in [6, 6.07) is 8.79. The molecule has 2 aromatic carbocycles. The predicted molar refractivity (Wildman–Crippen MR) is 112 cm³/mol. The topological polar surface area (TPSA) is 111 Å². The van der Waals surface area contributed by atoms with Crippen LogP contribution in [0.4, 0.5) is 10.1 Å². The van der Waals surface area contributed by atoms with Crippen molar-refractivity contribution < 1.29 is 17.6 Å². The fraction of sp³-hybridized carbons (Fsp3) is 0.238. The molecule has 2 heterocycles. The molecule has 1 aromatic heterocycles. The zero-order chi connectivity index (χ0) is 21.6. The number of hydrogen-bond donors (Lipinski definition) is 2. The van der Waals surface area contributed by atoms with E-state index in [1.807, 2.05) is 11.5 Å². The van der Waals surface area contributed by atoms with E-state index in [1.165, 1.54) is 42.6 Å². The molecule has 30 heavy (non-hydrogen) atoms. The van der Waals surface area contributed by atoms with Gasteiger partial charge in [0.25, 0.3) is 5.91 Å². The first-order valence-electron chi connectivity index (χ1n) is 9.40. The first kappa shape index (κ1) is 20.2. The number of pyridine rings is 1. The van der Waals surface area contributed by atoms with Crippen LogP contribution in [0.2, 0.25) is 0 Å². The molecular weight excluding hydrogens is 409 g/mol. The molecule has 0 bridgehead atoms. The van der Waals surface area contributed by atoms with E-state index in [9.17, 15) is 22.4 Å². The normalized spacial score (nSPS) is 15.9. The molecule has 4 rings (SSSR count). The van der Waals surface area contributed by atoms with Gasteiger partial charge in [-0.25, -0.2) is 17.9 Å². The van der Waals surface area contributed by atoms with E-state index in [4.69, 9.17) is 5.14 Å². The molecule has 0 spiro atoms. The Bertz CT molecular complexity index is 1330. The number of halogens is 1. The lowest BCUT2D eigenvalue weighted by Gasteiger charge is -2.26. The third kappa shape index (κ3) is 3.86.